The Morgan fingerprint density at radius 3 is 2.72 bits per heavy atom. The summed E-state index contributed by atoms with van der Waals surface area (Å²) in [5.74, 6) is 1.40. The van der Waals surface area contributed by atoms with Gasteiger partial charge in [0.1, 0.15) is 12.4 Å². The topological polar surface area (TPSA) is 74.4 Å². The number of rotatable bonds is 7. The minimum atomic E-state index is -0.0362. The van der Waals surface area contributed by atoms with Crippen molar-refractivity contribution in [3.05, 3.63) is 47.1 Å². The summed E-state index contributed by atoms with van der Waals surface area (Å²) in [6.45, 7) is 6.69. The lowest BCUT2D eigenvalue weighted by Gasteiger charge is -2.26. The van der Waals surface area contributed by atoms with E-state index in [4.69, 9.17) is 9.47 Å². The molecule has 1 aromatic carbocycles. The Kier molecular flexibility index (Phi) is 6.13. The molecular weight excluding hydrogens is 454 g/mol. The first-order valence-electron chi connectivity index (χ1n) is 13.1. The number of aromatic nitrogens is 4. The van der Waals surface area contributed by atoms with E-state index in [2.05, 4.69) is 21.8 Å². The van der Waals surface area contributed by atoms with Gasteiger partial charge in [-0.05, 0) is 57.0 Å². The van der Waals surface area contributed by atoms with E-state index in [9.17, 15) is 4.79 Å². The number of nitrogens with zero attached hydrogens (tertiary/aromatic N) is 5. The van der Waals surface area contributed by atoms with E-state index >= 15 is 0 Å². The molecule has 0 aliphatic carbocycles. The van der Waals surface area contributed by atoms with Gasteiger partial charge in [-0.1, -0.05) is 13.3 Å². The third-order valence-corrected chi connectivity index (χ3v) is 7.66. The van der Waals surface area contributed by atoms with Crippen LogP contribution >= 0.6 is 0 Å². The molecule has 2 aliphatic rings. The number of piperidine rings is 1. The molecule has 0 bridgehead atoms. The Labute approximate surface area is 210 Å². The number of ether oxygens (including phenoxy) is 2. The van der Waals surface area contributed by atoms with Crippen LogP contribution in [-0.2, 0) is 7.05 Å². The Bertz CT molecular complexity index is 1450. The van der Waals surface area contributed by atoms with Crippen LogP contribution in [-0.4, -0.2) is 56.9 Å². The maximum Gasteiger partial charge on any atom is 0.329 e. The van der Waals surface area contributed by atoms with E-state index in [-0.39, 0.29) is 11.7 Å². The monoisotopic (exact) mass is 487 g/mol. The largest absolute Gasteiger partial charge is 0.490 e. The number of likely N-dealkylation sites (tertiary alicyclic amines) is 1. The van der Waals surface area contributed by atoms with Gasteiger partial charge in [0.15, 0.2) is 0 Å². The van der Waals surface area contributed by atoms with E-state index in [1.807, 2.05) is 42.1 Å². The van der Waals surface area contributed by atoms with Crippen molar-refractivity contribution in [1.29, 1.82) is 0 Å². The van der Waals surface area contributed by atoms with Crippen molar-refractivity contribution in [2.24, 2.45) is 7.05 Å². The summed E-state index contributed by atoms with van der Waals surface area (Å²) in [5.41, 5.74) is 4.40. The molecule has 1 saturated heterocycles. The first-order valence-corrected chi connectivity index (χ1v) is 13.1. The maximum atomic E-state index is 13.1. The first kappa shape index (κ1) is 23.0. The zero-order valence-corrected chi connectivity index (χ0v) is 21.1. The minimum Gasteiger partial charge on any atom is -0.490 e. The molecule has 4 aromatic rings. The molecule has 1 atom stereocenters. The number of pyridine rings is 2. The van der Waals surface area contributed by atoms with Crippen molar-refractivity contribution >= 4 is 21.9 Å². The minimum absolute atomic E-state index is 0.0311. The highest BCUT2D eigenvalue weighted by Crippen LogP contribution is 2.42. The van der Waals surface area contributed by atoms with E-state index in [0.717, 1.165) is 58.2 Å². The number of imidazole rings is 1. The van der Waals surface area contributed by atoms with Crippen LogP contribution < -0.4 is 15.2 Å². The molecular formula is C28H33N5O3. The summed E-state index contributed by atoms with van der Waals surface area (Å²) in [6.07, 6.45) is 9.42. The van der Waals surface area contributed by atoms with Crippen molar-refractivity contribution in [2.75, 3.05) is 32.8 Å². The first-order chi connectivity index (χ1) is 17.7. The zero-order chi connectivity index (χ0) is 24.6. The van der Waals surface area contributed by atoms with Crippen LogP contribution in [0.15, 0.2) is 41.5 Å². The van der Waals surface area contributed by atoms with Gasteiger partial charge < -0.3 is 14.4 Å². The van der Waals surface area contributed by atoms with Crippen LogP contribution in [0.5, 0.6) is 11.6 Å². The average Bonchev–Trinajstić information content (AvgIpc) is 3.06. The molecule has 1 unspecified atom stereocenters. The molecule has 0 amide bonds. The molecule has 36 heavy (non-hydrogen) atoms. The zero-order valence-electron chi connectivity index (χ0n) is 21.1. The predicted molar refractivity (Wildman–Crippen MR) is 141 cm³/mol. The van der Waals surface area contributed by atoms with Gasteiger partial charge >= 0.3 is 5.69 Å². The van der Waals surface area contributed by atoms with Gasteiger partial charge in [-0.2, -0.15) is 0 Å². The number of hydrogen-bond donors (Lipinski definition) is 0. The van der Waals surface area contributed by atoms with Crippen LogP contribution in [0.2, 0.25) is 0 Å². The molecule has 2 aliphatic heterocycles. The van der Waals surface area contributed by atoms with Crippen LogP contribution in [0.4, 0.5) is 0 Å². The summed E-state index contributed by atoms with van der Waals surface area (Å²) in [6, 6.07) is 7.95. The normalized spacial score (nSPS) is 18.0. The van der Waals surface area contributed by atoms with E-state index in [1.54, 1.807) is 10.8 Å². The Morgan fingerprint density at radius 1 is 1.08 bits per heavy atom. The van der Waals surface area contributed by atoms with Gasteiger partial charge in [-0.15, -0.1) is 0 Å². The maximum absolute atomic E-state index is 13.1. The highest BCUT2D eigenvalue weighted by molar-refractivity contribution is 6.09. The second-order valence-electron chi connectivity index (χ2n) is 9.90. The highest BCUT2D eigenvalue weighted by Gasteiger charge is 2.27. The lowest BCUT2D eigenvalue weighted by molar-refractivity contribution is 0.203. The molecule has 0 N–H and O–H groups in total. The Balaban J connectivity index is 1.29. The van der Waals surface area contributed by atoms with Crippen LogP contribution in [0, 0.1) is 0 Å². The standard InChI is InChI=1S/C28H33N5O3/c1-3-20-18-36-27-21(9-10-22-25(27)26-23(17-29-22)31(2)28(34)33(20)26)19-8-11-24(30-16-19)35-15-7-14-32-12-5-4-6-13-32/h8-11,16-17,20H,3-7,12-15,18H2,1-2H3. The molecule has 0 radical (unpaired) electrons. The molecule has 5 heterocycles. The number of benzene rings is 1. The van der Waals surface area contributed by atoms with Gasteiger partial charge in [0.05, 0.1) is 40.8 Å². The summed E-state index contributed by atoms with van der Waals surface area (Å²) in [5, 5.41) is 0.886. The van der Waals surface area contributed by atoms with Gasteiger partial charge in [0.2, 0.25) is 5.88 Å². The predicted octanol–water partition coefficient (Wildman–Crippen LogP) is 4.55. The van der Waals surface area contributed by atoms with Crippen molar-refractivity contribution in [3.8, 4) is 22.8 Å². The second kappa shape index (κ2) is 9.58. The van der Waals surface area contributed by atoms with Crippen LogP contribution in [0.25, 0.3) is 33.1 Å². The fraction of sp³-hybridized carbons (Fsp3) is 0.464. The quantitative estimate of drug-likeness (QED) is 0.356. The molecule has 0 saturated carbocycles. The number of aryl methyl sites for hydroxylation is 1. The molecule has 8 heteroatoms. The Morgan fingerprint density at radius 2 is 1.94 bits per heavy atom. The van der Waals surface area contributed by atoms with Crippen molar-refractivity contribution in [3.63, 3.8) is 0 Å². The molecule has 6 rings (SSSR count). The molecule has 188 valence electrons. The third-order valence-electron chi connectivity index (χ3n) is 7.66. The fourth-order valence-corrected chi connectivity index (χ4v) is 5.62. The lowest BCUT2D eigenvalue weighted by atomic mass is 10.0. The van der Waals surface area contributed by atoms with Crippen LogP contribution in [0.3, 0.4) is 0 Å². The summed E-state index contributed by atoms with van der Waals surface area (Å²) < 4.78 is 15.9. The average molecular weight is 488 g/mol. The molecule has 1 fully saturated rings. The molecule has 8 nitrogen and oxygen atoms in total. The highest BCUT2D eigenvalue weighted by atomic mass is 16.5. The van der Waals surface area contributed by atoms with Crippen molar-refractivity contribution in [1.82, 2.24) is 24.0 Å². The SMILES string of the molecule is CCC1COc2c(-c3ccc(OCCCN4CCCCC4)nc3)ccc3ncc4c(c23)n1c(=O)n4C. The van der Waals surface area contributed by atoms with Gasteiger partial charge in [-0.25, -0.2) is 9.78 Å². The summed E-state index contributed by atoms with van der Waals surface area (Å²) in [4.78, 5) is 24.9. The fourth-order valence-electron chi connectivity index (χ4n) is 5.62. The van der Waals surface area contributed by atoms with Crippen molar-refractivity contribution in [2.45, 2.75) is 45.1 Å². The second-order valence-corrected chi connectivity index (χ2v) is 9.90. The van der Waals surface area contributed by atoms with E-state index in [1.165, 1.54) is 32.4 Å². The van der Waals surface area contributed by atoms with Gasteiger partial charge in [0.25, 0.3) is 0 Å². The van der Waals surface area contributed by atoms with Crippen molar-refractivity contribution < 1.29 is 9.47 Å². The van der Waals surface area contributed by atoms with Crippen LogP contribution in [0.1, 0.15) is 45.1 Å². The van der Waals surface area contributed by atoms with E-state index < -0.39 is 0 Å². The summed E-state index contributed by atoms with van der Waals surface area (Å²) >= 11 is 0. The third kappa shape index (κ3) is 3.93. The molecule has 3 aromatic heterocycles. The summed E-state index contributed by atoms with van der Waals surface area (Å²) in [7, 11) is 1.81. The number of hydrogen-bond acceptors (Lipinski definition) is 6. The van der Waals surface area contributed by atoms with E-state index in [0.29, 0.717) is 19.1 Å². The Hall–Kier alpha value is -3.39. The van der Waals surface area contributed by atoms with Gasteiger partial charge in [-0.3, -0.25) is 14.1 Å². The smallest absolute Gasteiger partial charge is 0.329 e. The van der Waals surface area contributed by atoms with Gasteiger partial charge in [0, 0.05) is 37.0 Å². The molecule has 0 spiro atoms. The lowest BCUT2D eigenvalue weighted by Crippen LogP contribution is -2.31.